The fraction of sp³-hybridized carbons (Fsp3) is 0.698. The van der Waals surface area contributed by atoms with Gasteiger partial charge in [0, 0.05) is 19.4 Å². The molecule has 5 rings (SSSR count). The molecule has 9 heteroatoms. The number of allylic oxidation sites excluding steroid dienone is 2. The molecule has 2 atom stereocenters. The Morgan fingerprint density at radius 2 is 1.69 bits per heavy atom. The molecule has 0 bridgehead atoms. The Bertz CT molecular complexity index is 1370. The number of hydrogen-bond donors (Lipinski definition) is 3. The van der Waals surface area contributed by atoms with Crippen LogP contribution in [0.3, 0.4) is 0 Å². The van der Waals surface area contributed by atoms with Crippen LogP contribution in [0, 0.1) is 18.3 Å². The van der Waals surface area contributed by atoms with Gasteiger partial charge in [-0.3, -0.25) is 9.59 Å². The van der Waals surface area contributed by atoms with E-state index in [0.717, 1.165) is 63.8 Å². The summed E-state index contributed by atoms with van der Waals surface area (Å²) in [5.74, 6) is 0.940. The third-order valence-corrected chi connectivity index (χ3v) is 12.0. The summed E-state index contributed by atoms with van der Waals surface area (Å²) in [6.45, 7) is 17.5. The molecular weight excluding hydrogens is 667 g/mol. The number of carbonyl (C=O) groups is 2. The minimum absolute atomic E-state index is 0.100. The first-order valence-corrected chi connectivity index (χ1v) is 21.0. The van der Waals surface area contributed by atoms with Crippen molar-refractivity contribution < 1.29 is 14.7 Å². The third kappa shape index (κ3) is 13.4. The summed E-state index contributed by atoms with van der Waals surface area (Å²) in [6, 6.07) is 8.37. The number of aliphatic hydroxyl groups is 1. The molecule has 1 amide bonds. The lowest BCUT2D eigenvalue weighted by Gasteiger charge is -2.38. The van der Waals surface area contributed by atoms with E-state index >= 15 is 0 Å². The van der Waals surface area contributed by atoms with Crippen LogP contribution in [-0.2, 0) is 16.0 Å². The number of aromatic nitrogens is 1. The van der Waals surface area contributed by atoms with E-state index in [9.17, 15) is 9.59 Å². The maximum absolute atomic E-state index is 13.6. The van der Waals surface area contributed by atoms with Gasteiger partial charge in [0.05, 0.1) is 22.1 Å². The highest BCUT2D eigenvalue weighted by molar-refractivity contribution is 7.13. The van der Waals surface area contributed by atoms with E-state index in [0.29, 0.717) is 6.54 Å². The molecule has 2 unspecified atom stereocenters. The highest BCUT2D eigenvalue weighted by atomic mass is 32.1. The third-order valence-electron chi connectivity index (χ3n) is 11.0. The van der Waals surface area contributed by atoms with Gasteiger partial charge >= 0.3 is 0 Å². The van der Waals surface area contributed by atoms with Crippen LogP contribution in [0.15, 0.2) is 41.0 Å². The number of hydrogen-bond acceptors (Lipinski definition) is 8. The van der Waals surface area contributed by atoms with Gasteiger partial charge in [0.1, 0.15) is 6.04 Å². The van der Waals surface area contributed by atoms with Crippen LogP contribution in [-0.4, -0.2) is 83.5 Å². The molecule has 8 nitrogen and oxygen atoms in total. The number of nitrogens with two attached hydrogens (primary N) is 1. The number of ketones is 1. The van der Waals surface area contributed by atoms with Gasteiger partial charge in [-0.1, -0.05) is 70.4 Å². The summed E-state index contributed by atoms with van der Waals surface area (Å²) < 4.78 is 0. The number of nitrogens with one attached hydrogen (secondary N) is 1. The van der Waals surface area contributed by atoms with Crippen LogP contribution < -0.4 is 11.1 Å². The van der Waals surface area contributed by atoms with E-state index in [2.05, 4.69) is 74.1 Å². The number of aliphatic hydroxyl groups excluding tert-OH is 1. The number of nitrogens with zero attached hydrogens (tertiary/aromatic N) is 3. The van der Waals surface area contributed by atoms with Gasteiger partial charge in [0.25, 0.3) is 0 Å². The Labute approximate surface area is 320 Å². The number of Topliss-reactive ketones (excluding diaryl/α,β-unsaturated/α-hetero) is 1. The predicted octanol–water partition coefficient (Wildman–Crippen LogP) is 8.31. The molecule has 0 spiro atoms. The fourth-order valence-electron chi connectivity index (χ4n) is 7.49. The molecule has 292 valence electrons. The van der Waals surface area contributed by atoms with E-state index < -0.39 is 0 Å². The van der Waals surface area contributed by atoms with Crippen molar-refractivity contribution in [2.45, 2.75) is 144 Å². The first-order valence-electron chi connectivity index (χ1n) is 20.2. The molecule has 1 aromatic heterocycles. The Morgan fingerprint density at radius 1 is 1.00 bits per heavy atom. The number of benzene rings is 1. The Kier molecular flexibility index (Phi) is 19.0. The zero-order valence-corrected chi connectivity index (χ0v) is 34.5. The van der Waals surface area contributed by atoms with Crippen molar-refractivity contribution in [2.75, 3.05) is 39.8 Å². The molecule has 3 fully saturated rings. The van der Waals surface area contributed by atoms with Gasteiger partial charge in [-0.05, 0) is 140 Å². The predicted molar refractivity (Wildman–Crippen MR) is 218 cm³/mol. The monoisotopic (exact) mass is 738 g/mol. The van der Waals surface area contributed by atoms with Gasteiger partial charge in [0.15, 0.2) is 5.78 Å². The highest BCUT2D eigenvalue weighted by Gasteiger charge is 2.40. The van der Waals surface area contributed by atoms with Crippen molar-refractivity contribution in [1.29, 1.82) is 0 Å². The molecule has 2 aromatic rings. The number of carbonyl (C=O) groups excluding carboxylic acids is 2. The first kappa shape index (κ1) is 43.8. The van der Waals surface area contributed by atoms with Crippen LogP contribution in [0.5, 0.6) is 0 Å². The van der Waals surface area contributed by atoms with Gasteiger partial charge in [-0.25, -0.2) is 4.98 Å². The maximum atomic E-state index is 13.6. The molecule has 0 radical (unpaired) electrons. The lowest BCUT2D eigenvalue weighted by Crippen LogP contribution is -2.55. The zero-order chi connectivity index (χ0) is 38.1. The summed E-state index contributed by atoms with van der Waals surface area (Å²) in [7, 11) is 1.00. The number of unbranched alkanes of at least 4 members (excludes halogenated alkanes) is 3. The summed E-state index contributed by atoms with van der Waals surface area (Å²) in [6.07, 6.45) is 16.2. The second-order valence-corrected chi connectivity index (χ2v) is 16.9. The highest BCUT2D eigenvalue weighted by Crippen LogP contribution is 2.33. The van der Waals surface area contributed by atoms with Crippen LogP contribution in [0.4, 0.5) is 0 Å². The topological polar surface area (TPSA) is 112 Å². The Hall–Kier alpha value is -2.59. The summed E-state index contributed by atoms with van der Waals surface area (Å²) in [5, 5.41) is 10.7. The van der Waals surface area contributed by atoms with Crippen molar-refractivity contribution in [2.24, 2.45) is 17.1 Å². The van der Waals surface area contributed by atoms with Gasteiger partial charge < -0.3 is 26.0 Å². The second-order valence-electron chi connectivity index (χ2n) is 16.1. The molecule has 1 aliphatic carbocycles. The average molecular weight is 738 g/mol. The average Bonchev–Trinajstić information content (AvgIpc) is 3.79. The fourth-order valence-corrected chi connectivity index (χ4v) is 8.30. The molecule has 2 saturated heterocycles. The minimum Gasteiger partial charge on any atom is -0.400 e. The first-order chi connectivity index (χ1) is 25.0. The summed E-state index contributed by atoms with van der Waals surface area (Å²) >= 11 is 1.72. The maximum Gasteiger partial charge on any atom is 0.246 e. The van der Waals surface area contributed by atoms with E-state index in [1.165, 1.54) is 98.3 Å². The van der Waals surface area contributed by atoms with E-state index in [1.807, 2.05) is 10.4 Å². The smallest absolute Gasteiger partial charge is 0.246 e. The van der Waals surface area contributed by atoms with Crippen molar-refractivity contribution in [3.8, 4) is 10.4 Å². The molecule has 3 heterocycles. The summed E-state index contributed by atoms with van der Waals surface area (Å²) in [5.41, 5.74) is 14.2. The van der Waals surface area contributed by atoms with Gasteiger partial charge in [-0.2, -0.15) is 0 Å². The number of thiazole rings is 1. The lowest BCUT2D eigenvalue weighted by molar-refractivity contribution is -0.140. The number of amides is 1. The number of rotatable bonds is 15. The standard InChI is InChI=1S/C28H50N4O2.C14H17NS.CH4O/c1-21(33)25-13-9-17-32(25)27(34)26(28(2,3)4)30-24(23-10-8-11-23)12-6-5-7-16-31-18-14-22(20-29)15-19-31;1-3-4-5-12-6-8-13(9-7-12)14-11(2)15-10-16-14;1-2/h22,25-26,30H,5-20,29H2,1-4H3;6-10H,3-5H2,1-2H3;2H,1H3. The van der Waals surface area contributed by atoms with Crippen LogP contribution >= 0.6 is 11.3 Å². The number of piperidine rings is 1. The molecule has 52 heavy (non-hydrogen) atoms. The second kappa shape index (κ2) is 22.6. The minimum atomic E-state index is -0.292. The van der Waals surface area contributed by atoms with Gasteiger partial charge in [-0.15, -0.1) is 11.3 Å². The molecule has 1 saturated carbocycles. The Balaban J connectivity index is 0.000000336. The van der Waals surface area contributed by atoms with E-state index in [-0.39, 0.29) is 29.2 Å². The lowest BCUT2D eigenvalue weighted by atomic mass is 9.83. The zero-order valence-electron chi connectivity index (χ0n) is 33.6. The van der Waals surface area contributed by atoms with E-state index in [1.54, 1.807) is 18.3 Å². The van der Waals surface area contributed by atoms with E-state index in [4.69, 9.17) is 10.8 Å². The SMILES string of the molecule is CC(=O)C1CCCN1C(=O)C(NC(CCCCCN1CCC(CN)CC1)=C1CCC1)C(C)(C)C.CCCCc1ccc(-c2scnc2C)cc1.CO. The van der Waals surface area contributed by atoms with Crippen LogP contribution in [0.2, 0.25) is 0 Å². The molecule has 1 aromatic carbocycles. The van der Waals surface area contributed by atoms with Crippen molar-refractivity contribution in [3.05, 3.63) is 52.3 Å². The summed E-state index contributed by atoms with van der Waals surface area (Å²) in [4.78, 5) is 35.8. The van der Waals surface area contributed by atoms with Crippen LogP contribution in [0.1, 0.15) is 129 Å². The molecular formula is C43H71N5O3S. The van der Waals surface area contributed by atoms with Crippen LogP contribution in [0.25, 0.3) is 10.4 Å². The molecule has 2 aliphatic heterocycles. The van der Waals surface area contributed by atoms with Crippen molar-refractivity contribution >= 4 is 23.0 Å². The molecule has 4 N–H and O–H groups in total. The molecule has 3 aliphatic rings. The van der Waals surface area contributed by atoms with Gasteiger partial charge in [0.2, 0.25) is 5.91 Å². The largest absolute Gasteiger partial charge is 0.400 e. The normalized spacial score (nSPS) is 18.4. The van der Waals surface area contributed by atoms with Crippen molar-refractivity contribution in [1.82, 2.24) is 20.1 Å². The number of aryl methyl sites for hydroxylation is 2. The van der Waals surface area contributed by atoms with Crippen molar-refractivity contribution in [3.63, 3.8) is 0 Å². The Morgan fingerprint density at radius 3 is 2.23 bits per heavy atom. The quantitative estimate of drug-likeness (QED) is 0.158. The number of likely N-dealkylation sites (tertiary alicyclic amines) is 2.